The number of rotatable bonds is 3. The van der Waals surface area contributed by atoms with Gasteiger partial charge in [-0.1, -0.05) is 19.9 Å². The maximum absolute atomic E-state index is 10.0. The molecule has 0 saturated heterocycles. The number of ketones is 1. The summed E-state index contributed by atoms with van der Waals surface area (Å²) in [6.07, 6.45) is 2.96. The quantitative estimate of drug-likeness (QED) is 0.234. The summed E-state index contributed by atoms with van der Waals surface area (Å²) >= 11 is 0. The van der Waals surface area contributed by atoms with Crippen molar-refractivity contribution >= 4 is 5.78 Å². The molecule has 0 aliphatic heterocycles. The number of hydrogen-bond acceptors (Lipinski definition) is 5. The smallest absolute Gasteiger partial charge is 0.155 e. The maximum atomic E-state index is 10.0. The van der Waals surface area contributed by atoms with E-state index in [1.54, 1.807) is 6.20 Å². The number of aryl methyl sites for hydroxylation is 4. The molecule has 0 aliphatic rings. The predicted octanol–water partition coefficient (Wildman–Crippen LogP) is 5.75. The van der Waals surface area contributed by atoms with Crippen LogP contribution in [0.5, 0.6) is 0 Å². The minimum absolute atomic E-state index is 0. The molecule has 1 N–H and O–H groups in total. The van der Waals surface area contributed by atoms with E-state index in [4.69, 9.17) is 15.4 Å². The summed E-state index contributed by atoms with van der Waals surface area (Å²) in [6.45, 7) is 10.9. The molecular formula is C26H26IrN3O2-. The third-order valence-electron chi connectivity index (χ3n) is 4.39. The van der Waals surface area contributed by atoms with Crippen molar-refractivity contribution in [3.05, 3.63) is 82.4 Å². The van der Waals surface area contributed by atoms with Gasteiger partial charge in [0.15, 0.2) is 5.78 Å². The fourth-order valence-electron chi connectivity index (χ4n) is 3.21. The Morgan fingerprint density at radius 3 is 2.28 bits per heavy atom. The molecule has 0 aliphatic carbocycles. The largest absolute Gasteiger partial charge is 0.512 e. The Morgan fingerprint density at radius 1 is 1.12 bits per heavy atom. The molecule has 6 heteroatoms. The molecule has 1 aromatic heterocycles. The molecule has 1 heterocycles. The van der Waals surface area contributed by atoms with Crippen LogP contribution in [-0.2, 0) is 24.9 Å². The van der Waals surface area contributed by atoms with Gasteiger partial charge in [0.1, 0.15) is 0 Å². The zero-order valence-corrected chi connectivity index (χ0v) is 21.5. The van der Waals surface area contributed by atoms with E-state index in [2.05, 4.69) is 36.2 Å². The third-order valence-corrected chi connectivity index (χ3v) is 4.39. The second kappa shape index (κ2) is 12.0. The first-order valence-electron chi connectivity index (χ1n) is 9.84. The average Bonchev–Trinajstić information content (AvgIpc) is 2.66. The zero-order valence-electron chi connectivity index (χ0n) is 19.1. The summed E-state index contributed by atoms with van der Waals surface area (Å²) in [6, 6.07) is 15.3. The number of nitriles is 1. The normalized spacial score (nSPS) is 10.3. The van der Waals surface area contributed by atoms with Crippen LogP contribution in [0.3, 0.4) is 0 Å². The van der Waals surface area contributed by atoms with Crippen molar-refractivity contribution < 1.29 is 30.0 Å². The summed E-state index contributed by atoms with van der Waals surface area (Å²) in [4.78, 5) is 19.4. The van der Waals surface area contributed by atoms with E-state index >= 15 is 0 Å². The molecule has 0 fully saturated rings. The van der Waals surface area contributed by atoms with Gasteiger partial charge < -0.3 is 10.1 Å². The van der Waals surface area contributed by atoms with Gasteiger partial charge >= 0.3 is 0 Å². The SMILES string of the molecule is CC(=O)/C=C(/C)O.Cc1[c-]c(-c2ncc(-c3ccc(C#N)cc3C)nc2C)cc(C)c1.[Ir]. The van der Waals surface area contributed by atoms with Gasteiger partial charge in [-0.05, 0) is 45.4 Å². The van der Waals surface area contributed by atoms with Gasteiger partial charge in [-0.15, -0.1) is 34.9 Å². The van der Waals surface area contributed by atoms with Crippen LogP contribution >= 0.6 is 0 Å². The summed E-state index contributed by atoms with van der Waals surface area (Å²) in [5, 5.41) is 17.4. The Hall–Kier alpha value is -3.13. The minimum Gasteiger partial charge on any atom is -0.512 e. The minimum atomic E-state index is -0.125. The zero-order chi connectivity index (χ0) is 23.1. The molecule has 0 atom stereocenters. The van der Waals surface area contributed by atoms with E-state index in [1.165, 1.54) is 25.5 Å². The van der Waals surface area contributed by atoms with Crippen molar-refractivity contribution in [2.45, 2.75) is 41.5 Å². The molecular weight excluding hydrogens is 579 g/mol. The molecule has 0 bridgehead atoms. The molecule has 0 spiro atoms. The number of aliphatic hydroxyl groups excluding tert-OH is 1. The van der Waals surface area contributed by atoms with Crippen LogP contribution in [-0.4, -0.2) is 20.9 Å². The number of aliphatic hydroxyl groups is 1. The Bertz CT molecular complexity index is 1170. The summed E-state index contributed by atoms with van der Waals surface area (Å²) in [5.41, 5.74) is 8.49. The Balaban J connectivity index is 0.000000558. The van der Waals surface area contributed by atoms with Crippen LogP contribution in [0.2, 0.25) is 0 Å². The molecule has 32 heavy (non-hydrogen) atoms. The third kappa shape index (κ3) is 7.53. The second-order valence-corrected chi connectivity index (χ2v) is 7.48. The van der Waals surface area contributed by atoms with Crippen LogP contribution in [0.15, 0.2) is 48.4 Å². The number of aromatic nitrogens is 2. The van der Waals surface area contributed by atoms with E-state index in [-0.39, 0.29) is 31.6 Å². The fourth-order valence-corrected chi connectivity index (χ4v) is 3.21. The van der Waals surface area contributed by atoms with E-state index in [9.17, 15) is 4.79 Å². The first-order chi connectivity index (χ1) is 14.6. The Kier molecular flexibility index (Phi) is 10.1. The van der Waals surface area contributed by atoms with Gasteiger partial charge in [0, 0.05) is 49.3 Å². The first-order valence-corrected chi connectivity index (χ1v) is 9.84. The van der Waals surface area contributed by atoms with Crippen molar-refractivity contribution in [2.75, 3.05) is 0 Å². The van der Waals surface area contributed by atoms with Crippen LogP contribution in [0.4, 0.5) is 0 Å². The van der Waals surface area contributed by atoms with Crippen molar-refractivity contribution in [1.29, 1.82) is 5.26 Å². The Morgan fingerprint density at radius 2 is 1.81 bits per heavy atom. The van der Waals surface area contributed by atoms with E-state index in [0.717, 1.165) is 39.3 Å². The van der Waals surface area contributed by atoms with Gasteiger partial charge in [0.2, 0.25) is 0 Å². The van der Waals surface area contributed by atoms with Crippen LogP contribution in [0.25, 0.3) is 22.5 Å². The summed E-state index contributed by atoms with van der Waals surface area (Å²) in [7, 11) is 0. The number of nitrogens with zero attached hydrogens (tertiary/aromatic N) is 3. The predicted molar refractivity (Wildman–Crippen MR) is 122 cm³/mol. The topological polar surface area (TPSA) is 86.9 Å². The fraction of sp³-hybridized carbons (Fsp3) is 0.231. The second-order valence-electron chi connectivity index (χ2n) is 7.48. The van der Waals surface area contributed by atoms with Gasteiger partial charge in [-0.2, -0.15) is 5.26 Å². The number of carbonyl (C=O) groups excluding carboxylic acids is 1. The molecule has 2 aromatic carbocycles. The summed E-state index contributed by atoms with van der Waals surface area (Å²) in [5.74, 6) is -0.0625. The molecule has 3 aromatic rings. The van der Waals surface area contributed by atoms with Crippen LogP contribution < -0.4 is 0 Å². The Labute approximate surface area is 203 Å². The van der Waals surface area contributed by atoms with Crippen molar-refractivity contribution in [2.24, 2.45) is 0 Å². The molecule has 0 amide bonds. The van der Waals surface area contributed by atoms with E-state index in [1.807, 2.05) is 39.0 Å². The molecule has 5 nitrogen and oxygen atoms in total. The van der Waals surface area contributed by atoms with Gasteiger partial charge in [0.05, 0.1) is 23.1 Å². The van der Waals surface area contributed by atoms with Crippen molar-refractivity contribution in [3.63, 3.8) is 0 Å². The van der Waals surface area contributed by atoms with Crippen molar-refractivity contribution in [1.82, 2.24) is 9.97 Å². The maximum Gasteiger partial charge on any atom is 0.155 e. The molecule has 1 radical (unpaired) electrons. The van der Waals surface area contributed by atoms with Gasteiger partial charge in [0.25, 0.3) is 0 Å². The van der Waals surface area contributed by atoms with Gasteiger partial charge in [-0.3, -0.25) is 9.78 Å². The molecule has 3 rings (SSSR count). The van der Waals surface area contributed by atoms with Crippen LogP contribution in [0, 0.1) is 45.1 Å². The number of benzene rings is 2. The standard InChI is InChI=1S/C21H18N3.C5H8O2.Ir/c1-13-7-14(2)9-18(8-13)21-16(4)24-20(12-23-21)19-6-5-17(11-22)10-15(19)3;1-4(6)3-5(2)7;/h5-8,10,12H,1-4H3;3,6H,1-2H3;/q-1;;/b;4-3-;. The number of allylic oxidation sites excluding steroid dienone is 2. The van der Waals surface area contributed by atoms with Gasteiger partial charge in [-0.25, -0.2) is 0 Å². The first kappa shape index (κ1) is 26.9. The average molecular weight is 605 g/mol. The monoisotopic (exact) mass is 605 g/mol. The van der Waals surface area contributed by atoms with E-state index in [0.29, 0.717) is 5.56 Å². The molecule has 0 saturated carbocycles. The van der Waals surface area contributed by atoms with Crippen LogP contribution in [0.1, 0.15) is 41.8 Å². The number of hydrogen-bond donors (Lipinski definition) is 1. The number of carbonyl (C=O) groups is 1. The van der Waals surface area contributed by atoms with E-state index < -0.39 is 0 Å². The summed E-state index contributed by atoms with van der Waals surface area (Å²) < 4.78 is 0. The van der Waals surface area contributed by atoms with Crippen molar-refractivity contribution in [3.8, 4) is 28.6 Å². The molecule has 0 unspecified atom stereocenters. The molecule has 167 valence electrons.